The van der Waals surface area contributed by atoms with Crippen molar-refractivity contribution in [2.75, 3.05) is 85.9 Å². The van der Waals surface area contributed by atoms with Crippen LogP contribution >= 0.6 is 0 Å². The van der Waals surface area contributed by atoms with Crippen molar-refractivity contribution in [3.05, 3.63) is 0 Å². The van der Waals surface area contributed by atoms with Crippen molar-refractivity contribution in [1.29, 1.82) is 0 Å². The molecule has 4 aliphatic rings. The molecule has 22 heteroatoms. The minimum Gasteiger partial charge on any atom is -0.463 e. The predicted octanol–water partition coefficient (Wildman–Crippen LogP) is 0.485. The zero-order valence-electron chi connectivity index (χ0n) is 40.7. The van der Waals surface area contributed by atoms with Crippen molar-refractivity contribution >= 4 is 29.7 Å². The van der Waals surface area contributed by atoms with Gasteiger partial charge in [0.05, 0.1) is 77.7 Å². The fourth-order valence-corrected chi connectivity index (χ4v) is 7.40. The van der Waals surface area contributed by atoms with Crippen molar-refractivity contribution in [2.45, 2.75) is 144 Å². The van der Waals surface area contributed by atoms with E-state index in [1.807, 2.05) is 34.6 Å². The molecule has 0 radical (unpaired) electrons. The first kappa shape index (κ1) is 59.0. The van der Waals surface area contributed by atoms with Crippen molar-refractivity contribution in [1.82, 2.24) is 10.6 Å². The summed E-state index contributed by atoms with van der Waals surface area (Å²) < 4.78 is 65.1. The molecule has 15 atom stereocenters. The zero-order chi connectivity index (χ0) is 49.3. The average Bonchev–Trinajstić information content (AvgIpc) is 3.65. The van der Waals surface area contributed by atoms with Crippen molar-refractivity contribution in [3.63, 3.8) is 0 Å². The molecule has 0 aromatic heterocycles. The Hall–Kier alpha value is -3.13. The highest BCUT2D eigenvalue weighted by Gasteiger charge is 2.47. The predicted molar refractivity (Wildman–Crippen MR) is 235 cm³/mol. The largest absolute Gasteiger partial charge is 0.463 e. The first-order valence-electron chi connectivity index (χ1n) is 22.9. The molecule has 0 aromatic carbocycles. The standard InChI is InChI=1S/C18H33NO7.C14H27NO8.C12H19NO4/c1-6-22-7-8-23-9-10-24-18-17(19-14(4)20)13(3)12(2)16(26-18)11-25-15(5)21;1-3-20-4-5-21-6-7-22-14-11(15-9(2)17)13(19)12(18)10(8-16)23-14;1-6-7(2)11-12(16-8(3)13-11)17-10(6)5-15-9(4)14/h12-13,16-18H,6-11H2,1-5H3,(H,19,20);10-14,16,18-19H,3-8H2,1-2H3,(H,15,17);6-7,10-12H,5H2,1-4H3/t12-,13+,16?,17?,18-;10?,11?,12-,13+,14+;6-,7+,10?,11?,12+/m101/s1. The Balaban J connectivity index is 0.000000347. The van der Waals surface area contributed by atoms with Crippen molar-refractivity contribution in [3.8, 4) is 0 Å². The van der Waals surface area contributed by atoms with Crippen LogP contribution in [0.4, 0.5) is 0 Å². The van der Waals surface area contributed by atoms with E-state index < -0.39 is 49.4 Å². The monoisotopic (exact) mass is 954 g/mol. The highest BCUT2D eigenvalue weighted by atomic mass is 16.7. The van der Waals surface area contributed by atoms with Gasteiger partial charge in [-0.05, 0) is 37.5 Å². The average molecular weight is 954 g/mol. The lowest BCUT2D eigenvalue weighted by Crippen LogP contribution is -2.64. The number of amides is 2. The molecule has 6 unspecified atom stereocenters. The second-order valence-corrected chi connectivity index (χ2v) is 16.4. The fourth-order valence-electron chi connectivity index (χ4n) is 7.40. The Morgan fingerprint density at radius 1 is 0.591 bits per heavy atom. The minimum absolute atomic E-state index is 0.0681. The molecule has 0 aliphatic carbocycles. The summed E-state index contributed by atoms with van der Waals surface area (Å²) in [5, 5.41) is 34.5. The molecule has 0 bridgehead atoms. The molecule has 4 heterocycles. The second kappa shape index (κ2) is 31.8. The summed E-state index contributed by atoms with van der Waals surface area (Å²) in [6, 6.07) is -1.15. The van der Waals surface area contributed by atoms with Gasteiger partial charge in [-0.25, -0.2) is 4.99 Å². The van der Waals surface area contributed by atoms with E-state index in [-0.39, 0.29) is 92.6 Å². The van der Waals surface area contributed by atoms with Gasteiger partial charge in [-0.1, -0.05) is 27.7 Å². The van der Waals surface area contributed by atoms with Gasteiger partial charge in [-0.3, -0.25) is 19.2 Å². The van der Waals surface area contributed by atoms with E-state index in [4.69, 9.17) is 56.8 Å². The van der Waals surface area contributed by atoms with Crippen LogP contribution in [0.3, 0.4) is 0 Å². The van der Waals surface area contributed by atoms with Crippen molar-refractivity contribution in [2.24, 2.45) is 28.7 Å². The molecule has 2 amide bonds. The summed E-state index contributed by atoms with van der Waals surface area (Å²) >= 11 is 0. The van der Waals surface area contributed by atoms with Gasteiger partial charge in [-0.15, -0.1) is 0 Å². The minimum atomic E-state index is -1.32. The number of aliphatic imine (C=N–C) groups is 1. The van der Waals surface area contributed by atoms with E-state index in [2.05, 4.69) is 29.5 Å². The van der Waals surface area contributed by atoms with E-state index in [0.717, 1.165) is 0 Å². The number of ether oxygens (including phenoxy) is 12. The molecule has 0 spiro atoms. The topological polar surface area (TPSA) is 276 Å². The molecule has 4 aliphatic heterocycles. The Kier molecular flexibility index (Phi) is 28.4. The van der Waals surface area contributed by atoms with E-state index in [1.165, 1.54) is 27.7 Å². The molecular weight excluding hydrogens is 874 g/mol. The number of nitrogens with zero attached hydrogens (tertiary/aromatic N) is 1. The lowest BCUT2D eigenvalue weighted by molar-refractivity contribution is -0.272. The first-order chi connectivity index (χ1) is 31.4. The van der Waals surface area contributed by atoms with Gasteiger partial charge in [0.2, 0.25) is 18.1 Å². The quantitative estimate of drug-likeness (QED) is 0.0688. The van der Waals surface area contributed by atoms with Crippen LogP contribution in [0.1, 0.15) is 76.2 Å². The lowest BCUT2D eigenvalue weighted by Gasteiger charge is -2.44. The van der Waals surface area contributed by atoms with Crippen LogP contribution in [0.2, 0.25) is 0 Å². The van der Waals surface area contributed by atoms with Gasteiger partial charge < -0.3 is 82.8 Å². The molecule has 3 fully saturated rings. The maximum atomic E-state index is 11.6. The Bertz CT molecular complexity index is 1440. The van der Waals surface area contributed by atoms with Crippen LogP contribution < -0.4 is 10.6 Å². The number of nitrogens with one attached hydrogen (secondary N) is 2. The normalized spacial score (nSPS) is 32.5. The number of aliphatic hydroxyl groups is 3. The highest BCUT2D eigenvalue weighted by Crippen LogP contribution is 2.36. The van der Waals surface area contributed by atoms with E-state index in [9.17, 15) is 34.5 Å². The summed E-state index contributed by atoms with van der Waals surface area (Å²) in [7, 11) is 0. The molecule has 384 valence electrons. The fraction of sp³-hybridized carbons (Fsp3) is 0.886. The Labute approximate surface area is 389 Å². The smallest absolute Gasteiger partial charge is 0.302 e. The molecule has 0 aromatic rings. The van der Waals surface area contributed by atoms with Gasteiger partial charge in [0.25, 0.3) is 0 Å². The molecule has 4 rings (SSSR count). The third-order valence-corrected chi connectivity index (χ3v) is 11.4. The highest BCUT2D eigenvalue weighted by molar-refractivity contribution is 5.75. The number of carbonyl (C=O) groups excluding carboxylic acids is 4. The van der Waals surface area contributed by atoms with Gasteiger partial charge in [0.15, 0.2) is 18.5 Å². The summed E-state index contributed by atoms with van der Waals surface area (Å²) in [4.78, 5) is 49.1. The van der Waals surface area contributed by atoms with E-state index in [0.29, 0.717) is 64.7 Å². The Morgan fingerprint density at radius 3 is 1.52 bits per heavy atom. The number of esters is 2. The number of fused-ring (bicyclic) bond motifs is 1. The lowest BCUT2D eigenvalue weighted by atomic mass is 9.82. The number of hydrogen-bond donors (Lipinski definition) is 5. The third kappa shape index (κ3) is 20.6. The van der Waals surface area contributed by atoms with Crippen LogP contribution in [0, 0.1) is 23.7 Å². The number of hydrogen-bond acceptors (Lipinski definition) is 20. The Morgan fingerprint density at radius 2 is 1.03 bits per heavy atom. The summed E-state index contributed by atoms with van der Waals surface area (Å²) in [5.74, 6) is 0.331. The molecule has 3 saturated heterocycles. The zero-order valence-corrected chi connectivity index (χ0v) is 40.7. The van der Waals surface area contributed by atoms with Crippen LogP contribution in [0.15, 0.2) is 4.99 Å². The van der Waals surface area contributed by atoms with Crippen LogP contribution in [0.5, 0.6) is 0 Å². The number of carbonyl (C=O) groups is 4. The first-order valence-corrected chi connectivity index (χ1v) is 22.9. The summed E-state index contributed by atoms with van der Waals surface area (Å²) in [5.41, 5.74) is 0. The third-order valence-electron chi connectivity index (χ3n) is 11.4. The SMILES string of the molecule is CC(=O)OCC1O[C@@H]2OC(C)=NC2[C@@H](C)[C@H]1C.CCOCCOCCO[C@@H]1OC(CO)[C@H](O)[C@H](O)C1NC(C)=O.CCOCCOCCO[C@@H]1OC(COC(C)=O)[C@H](C)[C@H](C)C1NC(C)=O. The number of aliphatic hydroxyl groups excluding tert-OH is 3. The molecule has 66 heavy (non-hydrogen) atoms. The molecule has 0 saturated carbocycles. The van der Waals surface area contributed by atoms with E-state index >= 15 is 0 Å². The van der Waals surface area contributed by atoms with Crippen molar-refractivity contribution < 1.29 is 91.3 Å². The summed E-state index contributed by atoms with van der Waals surface area (Å²) in [6.45, 7) is 23.8. The number of rotatable bonds is 23. The summed E-state index contributed by atoms with van der Waals surface area (Å²) in [6.07, 6.45) is -5.96. The molecule has 22 nitrogen and oxygen atoms in total. The van der Waals surface area contributed by atoms with Gasteiger partial charge in [0, 0.05) is 47.8 Å². The van der Waals surface area contributed by atoms with E-state index in [1.54, 1.807) is 0 Å². The van der Waals surface area contributed by atoms with Crippen LogP contribution in [-0.2, 0) is 76.0 Å². The molecule has 5 N–H and O–H groups in total. The van der Waals surface area contributed by atoms with Gasteiger partial charge in [0.1, 0.15) is 43.6 Å². The second-order valence-electron chi connectivity index (χ2n) is 16.4. The maximum absolute atomic E-state index is 11.6. The van der Waals surface area contributed by atoms with Crippen LogP contribution in [-0.4, -0.2) is 198 Å². The molecular formula is C44H79N3O19. The van der Waals surface area contributed by atoms with Gasteiger partial charge >= 0.3 is 11.9 Å². The van der Waals surface area contributed by atoms with Gasteiger partial charge in [-0.2, -0.15) is 0 Å². The maximum Gasteiger partial charge on any atom is 0.302 e. The van der Waals surface area contributed by atoms with Crippen LogP contribution in [0.25, 0.3) is 0 Å².